The normalized spacial score (nSPS) is 9.61. The van der Waals surface area contributed by atoms with Gasteiger partial charge in [-0.2, -0.15) is 11.1 Å². The minimum Gasteiger partial charge on any atom is -0.707 e. The Morgan fingerprint density at radius 2 is 0.976 bits per heavy atom. The largest absolute Gasteiger partial charge is 0.707 e. The first kappa shape index (κ1) is 49.1. The molecule has 2 aromatic carbocycles. The van der Waals surface area contributed by atoms with Gasteiger partial charge in [0.1, 0.15) is 0 Å². The fourth-order valence-electron chi connectivity index (χ4n) is 2.53. The van der Waals surface area contributed by atoms with Crippen molar-refractivity contribution in [3.63, 3.8) is 0 Å². The molecule has 10 nitrogen and oxygen atoms in total. The van der Waals surface area contributed by atoms with Crippen molar-refractivity contribution in [3.8, 4) is 0 Å². The fourth-order valence-corrected chi connectivity index (χ4v) is 2.53. The molecule has 13 heteroatoms. The zero-order chi connectivity index (χ0) is 30.1. The van der Waals surface area contributed by atoms with Gasteiger partial charge in [-0.15, -0.1) is 23.3 Å². The van der Waals surface area contributed by atoms with Gasteiger partial charge in [0.05, 0.1) is 12.5 Å². The molecule has 235 valence electrons. The first-order valence-corrected chi connectivity index (χ1v) is 14.9. The van der Waals surface area contributed by atoms with E-state index >= 15 is 0 Å². The fraction of sp³-hybridized carbons (Fsp3) is 0.429. The maximum Gasteiger partial charge on any atom is 0.255 e. The summed E-state index contributed by atoms with van der Waals surface area (Å²) < 4.78 is 43.2. The molecule has 0 spiro atoms. The Morgan fingerprint density at radius 3 is 1.12 bits per heavy atom. The molecule has 0 aliphatic carbocycles. The molecule has 0 fully saturated rings. The monoisotopic (exact) mass is 691 g/mol. The molecule has 0 unspecified atom stereocenters. The van der Waals surface area contributed by atoms with Crippen molar-refractivity contribution in [1.29, 1.82) is 0 Å². The summed E-state index contributed by atoms with van der Waals surface area (Å²) in [6, 6.07) is 12.6. The van der Waals surface area contributed by atoms with Crippen LogP contribution in [0.15, 0.2) is 36.4 Å². The zero-order valence-corrected chi connectivity index (χ0v) is 28.2. The molecule has 0 amide bonds. The second kappa shape index (κ2) is 24.9. The number of hydrogen-bond donors (Lipinski definition) is 0. The van der Waals surface area contributed by atoms with Crippen molar-refractivity contribution in [1.82, 2.24) is 0 Å². The Bertz CT molecular complexity index is 1130. The maximum absolute atomic E-state index is 9.47. The first-order chi connectivity index (χ1) is 17.5. The van der Waals surface area contributed by atoms with Crippen LogP contribution in [0.4, 0.5) is 11.4 Å². The molecule has 2 aromatic rings. The van der Waals surface area contributed by atoms with Crippen LogP contribution >= 0.6 is 0 Å². The average molecular weight is 692 g/mol. The van der Waals surface area contributed by atoms with Gasteiger partial charge >= 0.3 is 0 Å². The van der Waals surface area contributed by atoms with Gasteiger partial charge in [-0.3, -0.25) is 13.2 Å². The van der Waals surface area contributed by atoms with E-state index in [2.05, 4.69) is 96.7 Å². The van der Waals surface area contributed by atoms with Crippen LogP contribution in [0.3, 0.4) is 0 Å². The molecule has 0 atom stereocenters. The van der Waals surface area contributed by atoms with Crippen LogP contribution < -0.4 is 20.3 Å². The van der Waals surface area contributed by atoms with Crippen molar-refractivity contribution >= 4 is 43.8 Å². The Morgan fingerprint density at radius 1 is 0.732 bits per heavy atom. The van der Waals surface area contributed by atoms with Gasteiger partial charge < -0.3 is 29.0 Å². The zero-order valence-electron chi connectivity index (χ0n) is 23.7. The van der Waals surface area contributed by atoms with Crippen LogP contribution in [0, 0.1) is 27.0 Å². The van der Waals surface area contributed by atoms with E-state index in [1.54, 1.807) is 12.2 Å². The molecular weight excluding hydrogens is 645 g/mol. The van der Waals surface area contributed by atoms with Gasteiger partial charge in [0.2, 0.25) is 0 Å². The summed E-state index contributed by atoms with van der Waals surface area (Å²) in [7, 11) is -3.27. The van der Waals surface area contributed by atoms with E-state index in [-0.39, 0.29) is 47.6 Å². The van der Waals surface area contributed by atoms with Gasteiger partial charge in [0.15, 0.2) is 0 Å². The summed E-state index contributed by atoms with van der Waals surface area (Å²) in [6.07, 6.45) is 4.65. The molecular formula is C28H46N2O8S2Y-4. The van der Waals surface area contributed by atoms with Crippen LogP contribution in [0.25, 0.3) is 12.2 Å². The Balaban J connectivity index is -0.000000146. The SMILES string of the molecule is C.C.CS(=O)(=O)O[O-].CS(=O)(=O)O[O-].[CH-]=Cc1ccc(N(C)CC)cc1C.[CH-]=Cc1ccc(N(C)CC)cc1C.[Y]. The van der Waals surface area contributed by atoms with Gasteiger partial charge in [-0.1, -0.05) is 53.0 Å². The number of benzene rings is 2. The number of anilines is 2. The van der Waals surface area contributed by atoms with E-state index in [1.165, 1.54) is 22.5 Å². The molecule has 0 aliphatic heterocycles. The topological polar surface area (TPSA) is 139 Å². The van der Waals surface area contributed by atoms with Crippen molar-refractivity contribution in [2.24, 2.45) is 0 Å². The Kier molecular flexibility index (Phi) is 29.8. The Hall–Kier alpha value is -1.64. The summed E-state index contributed by atoms with van der Waals surface area (Å²) in [5.74, 6) is 0. The predicted molar refractivity (Wildman–Crippen MR) is 163 cm³/mol. The van der Waals surface area contributed by atoms with E-state index in [0.29, 0.717) is 12.5 Å². The summed E-state index contributed by atoms with van der Waals surface area (Å²) in [5, 5.41) is 17.7. The smallest absolute Gasteiger partial charge is 0.255 e. The molecule has 2 rings (SSSR count). The van der Waals surface area contributed by atoms with Crippen LogP contribution in [0.2, 0.25) is 0 Å². The third-order valence-corrected chi connectivity index (χ3v) is 5.44. The quantitative estimate of drug-likeness (QED) is 0.230. The number of nitrogens with zero attached hydrogens (tertiary/aromatic N) is 2. The standard InChI is InChI=1S/2C12H16N.2CH4O4S.2CH4.Y/c2*1-5-11-7-8-12(9-10(11)3)13(4)6-2;2*1-6(3,4)5-2;;;/h2*1,5,7-9H,6H2,2-4H3;2*2H,1H3;2*1H4;/q2*-1;;;;;/p-2. The minimum absolute atomic E-state index is 0. The molecule has 1 radical (unpaired) electrons. The van der Waals surface area contributed by atoms with Crippen molar-refractivity contribution in [3.05, 3.63) is 71.8 Å². The van der Waals surface area contributed by atoms with Crippen LogP contribution in [0.5, 0.6) is 0 Å². The van der Waals surface area contributed by atoms with E-state index in [9.17, 15) is 16.8 Å². The average Bonchev–Trinajstić information content (AvgIpc) is 2.87. The van der Waals surface area contributed by atoms with Crippen molar-refractivity contribution < 1.29 is 68.7 Å². The van der Waals surface area contributed by atoms with Crippen molar-refractivity contribution in [2.45, 2.75) is 42.5 Å². The van der Waals surface area contributed by atoms with Crippen molar-refractivity contribution in [2.75, 3.05) is 49.5 Å². The summed E-state index contributed by atoms with van der Waals surface area (Å²) in [4.78, 5) is 4.40. The molecule has 0 aliphatic rings. The van der Waals surface area contributed by atoms with E-state index < -0.39 is 20.2 Å². The number of rotatable bonds is 8. The third-order valence-electron chi connectivity index (χ3n) is 4.94. The minimum atomic E-state index is -3.72. The maximum atomic E-state index is 9.47. The van der Waals surface area contributed by atoms with Gasteiger partial charge in [-0.25, -0.2) is 29.0 Å². The number of aryl methyl sites for hydroxylation is 2. The molecule has 0 aromatic heterocycles. The van der Waals surface area contributed by atoms with Crippen LogP contribution in [-0.2, 0) is 61.6 Å². The molecule has 0 N–H and O–H groups in total. The van der Waals surface area contributed by atoms with Crippen LogP contribution in [-0.4, -0.2) is 56.5 Å². The van der Waals surface area contributed by atoms with E-state index in [0.717, 1.165) is 24.2 Å². The summed E-state index contributed by atoms with van der Waals surface area (Å²) in [5.41, 5.74) is 7.14. The first-order valence-electron chi connectivity index (χ1n) is 11.3. The third kappa shape index (κ3) is 23.6. The summed E-state index contributed by atoms with van der Waals surface area (Å²) in [6.45, 7) is 21.4. The predicted octanol–water partition coefficient (Wildman–Crippen LogP) is 3.54. The second-order valence-corrected chi connectivity index (χ2v) is 11.1. The molecule has 0 heterocycles. The van der Waals surface area contributed by atoms with E-state index in [4.69, 9.17) is 23.7 Å². The molecule has 41 heavy (non-hydrogen) atoms. The van der Waals surface area contributed by atoms with Gasteiger partial charge in [0.25, 0.3) is 20.2 Å². The molecule has 0 bridgehead atoms. The Labute approximate surface area is 274 Å². The van der Waals surface area contributed by atoms with Gasteiger partial charge in [-0.05, 0) is 13.8 Å². The van der Waals surface area contributed by atoms with Crippen LogP contribution in [0.1, 0.15) is 51.0 Å². The summed E-state index contributed by atoms with van der Waals surface area (Å²) >= 11 is 0. The van der Waals surface area contributed by atoms with E-state index in [1.807, 2.05) is 0 Å². The second-order valence-electron chi connectivity index (χ2n) is 7.99. The van der Waals surface area contributed by atoms with Gasteiger partial charge in [0, 0.05) is 71.3 Å². The molecule has 0 saturated carbocycles. The number of hydrogen-bond acceptors (Lipinski definition) is 10. The molecule has 0 saturated heterocycles.